The maximum Gasteiger partial charge on any atom is 0.122 e. The summed E-state index contributed by atoms with van der Waals surface area (Å²) in [6.45, 7) is 0. The molecule has 1 atom stereocenters. The second-order valence-electron chi connectivity index (χ2n) is 6.08. The summed E-state index contributed by atoms with van der Waals surface area (Å²) in [5.41, 5.74) is 14.9. The fourth-order valence-corrected chi connectivity index (χ4v) is 2.73. The molecule has 6 N–H and O–H groups in total. The van der Waals surface area contributed by atoms with E-state index >= 15 is 0 Å². The summed E-state index contributed by atoms with van der Waals surface area (Å²) in [5.74, 6) is 0.0801. The van der Waals surface area contributed by atoms with Gasteiger partial charge in [0.25, 0.3) is 0 Å². The Bertz CT molecular complexity index is 928. The third-order valence-corrected chi connectivity index (χ3v) is 4.07. The molecule has 0 heterocycles. The van der Waals surface area contributed by atoms with Crippen LogP contribution in [0.4, 0.5) is 0 Å². The van der Waals surface area contributed by atoms with E-state index in [1.54, 1.807) is 0 Å². The van der Waals surface area contributed by atoms with Crippen LogP contribution in [0.1, 0.15) is 22.3 Å². The van der Waals surface area contributed by atoms with E-state index in [4.69, 9.17) is 16.9 Å². The Morgan fingerprint density at radius 3 is 2.20 bits per heavy atom. The number of hydrogen-bond acceptors (Lipinski definition) is 3. The monoisotopic (exact) mass is 331 g/mol. The van der Waals surface area contributed by atoms with Crippen LogP contribution in [-0.2, 0) is 6.42 Å². The molecule has 0 amide bonds. The van der Waals surface area contributed by atoms with Crippen molar-refractivity contribution in [2.75, 3.05) is 0 Å². The molecule has 0 aliphatic carbocycles. The van der Waals surface area contributed by atoms with E-state index in [-0.39, 0.29) is 5.84 Å². The fourth-order valence-electron chi connectivity index (χ4n) is 2.73. The highest BCUT2D eigenvalue weighted by Gasteiger charge is 2.00. The molecule has 3 rings (SSSR count). The van der Waals surface area contributed by atoms with Crippen molar-refractivity contribution >= 4 is 28.8 Å². The molecule has 0 saturated heterocycles. The lowest BCUT2D eigenvalue weighted by atomic mass is 10.0. The van der Waals surface area contributed by atoms with E-state index in [0.717, 1.165) is 33.0 Å². The summed E-state index contributed by atoms with van der Waals surface area (Å²) >= 11 is 0. The number of rotatable bonds is 5. The number of nitrogens with two attached hydrogens (primary N) is 2. The average molecular weight is 331 g/mol. The first-order valence-electron chi connectivity index (χ1n) is 8.10. The minimum absolute atomic E-state index is 0.0801. The molecule has 3 aromatic carbocycles. The van der Waals surface area contributed by atoms with Crippen LogP contribution in [0.3, 0.4) is 0 Å². The van der Waals surface area contributed by atoms with Gasteiger partial charge in [-0.25, -0.2) is 0 Å². The first-order chi connectivity index (χ1) is 12.0. The molecule has 0 aliphatic rings. The summed E-state index contributed by atoms with van der Waals surface area (Å²) in [6, 6.07) is 19.9. The Balaban J connectivity index is 1.79. The molecule has 0 aliphatic heterocycles. The summed E-state index contributed by atoms with van der Waals surface area (Å²) in [7, 11) is 0. The van der Waals surface area contributed by atoms with Gasteiger partial charge in [0.2, 0.25) is 0 Å². The quantitative estimate of drug-likeness (QED) is 0.250. The van der Waals surface area contributed by atoms with Crippen molar-refractivity contribution in [1.82, 2.24) is 0 Å². The SMILES string of the molecule is N=C(N)c1ccc2cc(/C=C/c3ccc(CC(N)O)cc3)ccc2c1. The van der Waals surface area contributed by atoms with Crippen molar-refractivity contribution in [3.8, 4) is 0 Å². The molecule has 25 heavy (non-hydrogen) atoms. The second kappa shape index (κ2) is 7.30. The predicted molar refractivity (Wildman–Crippen MR) is 104 cm³/mol. The van der Waals surface area contributed by atoms with Gasteiger partial charge in [-0.05, 0) is 39.6 Å². The van der Waals surface area contributed by atoms with Crippen molar-refractivity contribution in [3.05, 3.63) is 82.9 Å². The third-order valence-electron chi connectivity index (χ3n) is 4.07. The molecule has 0 aromatic heterocycles. The third kappa shape index (κ3) is 4.32. The molecule has 4 nitrogen and oxygen atoms in total. The van der Waals surface area contributed by atoms with E-state index in [0.29, 0.717) is 6.42 Å². The van der Waals surface area contributed by atoms with Crippen LogP contribution in [-0.4, -0.2) is 17.2 Å². The number of aliphatic hydroxyl groups is 1. The molecular formula is C21H21N3O. The first kappa shape index (κ1) is 16.9. The van der Waals surface area contributed by atoms with Gasteiger partial charge < -0.3 is 16.6 Å². The molecule has 3 aromatic rings. The molecule has 1 unspecified atom stereocenters. The van der Waals surface area contributed by atoms with E-state index in [1.807, 2.05) is 60.7 Å². The van der Waals surface area contributed by atoms with Crippen molar-refractivity contribution in [2.24, 2.45) is 11.5 Å². The fraction of sp³-hybridized carbons (Fsp3) is 0.0952. The second-order valence-corrected chi connectivity index (χ2v) is 6.08. The van der Waals surface area contributed by atoms with Gasteiger partial charge in [-0.2, -0.15) is 0 Å². The largest absolute Gasteiger partial charge is 0.384 e. The molecule has 0 bridgehead atoms. The zero-order valence-corrected chi connectivity index (χ0v) is 13.8. The Morgan fingerprint density at radius 1 is 0.920 bits per heavy atom. The van der Waals surface area contributed by atoms with E-state index in [9.17, 15) is 5.11 Å². The van der Waals surface area contributed by atoms with Crippen LogP contribution in [0.2, 0.25) is 0 Å². The number of nitrogens with one attached hydrogen (secondary N) is 1. The Morgan fingerprint density at radius 2 is 1.52 bits per heavy atom. The van der Waals surface area contributed by atoms with Gasteiger partial charge >= 0.3 is 0 Å². The van der Waals surface area contributed by atoms with Crippen LogP contribution in [0.15, 0.2) is 60.7 Å². The maximum atomic E-state index is 9.21. The predicted octanol–water partition coefficient (Wildman–Crippen LogP) is 3.11. The maximum absolute atomic E-state index is 9.21. The Labute approximate surface area is 146 Å². The smallest absolute Gasteiger partial charge is 0.122 e. The highest BCUT2D eigenvalue weighted by atomic mass is 16.3. The summed E-state index contributed by atoms with van der Waals surface area (Å²) in [6.07, 6.45) is 3.75. The van der Waals surface area contributed by atoms with Crippen LogP contribution in [0.25, 0.3) is 22.9 Å². The zero-order chi connectivity index (χ0) is 17.8. The summed E-state index contributed by atoms with van der Waals surface area (Å²) < 4.78 is 0. The van der Waals surface area contributed by atoms with Gasteiger partial charge in [-0.3, -0.25) is 5.41 Å². The normalized spacial score (nSPS) is 12.6. The number of nitrogen functional groups attached to an aromatic ring is 1. The van der Waals surface area contributed by atoms with Crippen molar-refractivity contribution < 1.29 is 5.11 Å². The van der Waals surface area contributed by atoms with Crippen LogP contribution >= 0.6 is 0 Å². The molecule has 4 heteroatoms. The number of aliphatic hydroxyl groups excluding tert-OH is 1. The summed E-state index contributed by atoms with van der Waals surface area (Å²) in [4.78, 5) is 0. The molecule has 0 saturated carbocycles. The molecule has 0 fully saturated rings. The van der Waals surface area contributed by atoms with E-state index in [2.05, 4.69) is 12.1 Å². The number of hydrogen-bond donors (Lipinski definition) is 4. The van der Waals surface area contributed by atoms with Crippen molar-refractivity contribution in [2.45, 2.75) is 12.6 Å². The van der Waals surface area contributed by atoms with E-state index < -0.39 is 6.23 Å². The highest BCUT2D eigenvalue weighted by Crippen LogP contribution is 2.19. The van der Waals surface area contributed by atoms with Gasteiger partial charge in [0.15, 0.2) is 0 Å². The molecular weight excluding hydrogens is 310 g/mol. The van der Waals surface area contributed by atoms with Gasteiger partial charge in [-0.1, -0.05) is 60.7 Å². The summed E-state index contributed by atoms with van der Waals surface area (Å²) in [5, 5.41) is 18.9. The standard InChI is InChI=1S/C21H21N3O/c22-20(25)12-16-5-2-14(3-6-16)1-4-15-7-8-18-13-19(21(23)24)10-9-17(18)11-15/h1-11,13,20,25H,12,22H2,(H3,23,24)/b4-1+. The first-order valence-corrected chi connectivity index (χ1v) is 8.10. The molecule has 126 valence electrons. The van der Waals surface area contributed by atoms with Crippen molar-refractivity contribution in [1.29, 1.82) is 5.41 Å². The lowest BCUT2D eigenvalue weighted by Gasteiger charge is -2.05. The van der Waals surface area contributed by atoms with Gasteiger partial charge in [0.05, 0.1) is 0 Å². The van der Waals surface area contributed by atoms with Crippen molar-refractivity contribution in [3.63, 3.8) is 0 Å². The minimum atomic E-state index is -0.817. The van der Waals surface area contributed by atoms with Crippen LogP contribution in [0.5, 0.6) is 0 Å². The lowest BCUT2D eigenvalue weighted by Crippen LogP contribution is -2.21. The number of amidine groups is 1. The highest BCUT2D eigenvalue weighted by molar-refractivity contribution is 5.99. The van der Waals surface area contributed by atoms with Gasteiger partial charge in [-0.15, -0.1) is 0 Å². The van der Waals surface area contributed by atoms with Gasteiger partial charge in [0.1, 0.15) is 12.1 Å². The van der Waals surface area contributed by atoms with Gasteiger partial charge in [0, 0.05) is 12.0 Å². The zero-order valence-electron chi connectivity index (χ0n) is 13.8. The Kier molecular flexibility index (Phi) is 4.93. The Hall–Kier alpha value is -2.95. The van der Waals surface area contributed by atoms with Crippen LogP contribution < -0.4 is 11.5 Å². The number of fused-ring (bicyclic) bond motifs is 1. The minimum Gasteiger partial charge on any atom is -0.384 e. The lowest BCUT2D eigenvalue weighted by molar-refractivity contribution is 0.183. The molecule has 0 radical (unpaired) electrons. The topological polar surface area (TPSA) is 96.1 Å². The van der Waals surface area contributed by atoms with E-state index in [1.165, 1.54) is 0 Å². The molecule has 0 spiro atoms. The average Bonchev–Trinajstić information content (AvgIpc) is 2.60. The number of benzene rings is 3. The van der Waals surface area contributed by atoms with Crippen LogP contribution in [0, 0.1) is 5.41 Å².